The van der Waals surface area contributed by atoms with E-state index >= 15 is 17.6 Å². The molecule has 0 amide bonds. The summed E-state index contributed by atoms with van der Waals surface area (Å²) in [4.78, 5) is 7.72. The Morgan fingerprint density at radius 3 is 0.817 bits per heavy atom. The van der Waals surface area contributed by atoms with Crippen molar-refractivity contribution in [2.45, 2.75) is 6.92 Å². The number of methoxy groups -OCH3 is 6. The molecule has 0 aliphatic rings. The number of halogens is 4. The van der Waals surface area contributed by atoms with E-state index in [1.54, 1.807) is 44.3 Å². The maximum atomic E-state index is 15.6. The lowest BCUT2D eigenvalue weighted by atomic mass is 10.0. The van der Waals surface area contributed by atoms with Crippen molar-refractivity contribution >= 4 is 68.1 Å². The normalized spacial score (nSPS) is 11.2. The Balaban J connectivity index is 0.856. The van der Waals surface area contributed by atoms with Gasteiger partial charge in [-0.05, 0) is 204 Å². The molecule has 11 rings (SSSR count). The molecular formula is C79H66F4N4O6. The predicted octanol–water partition coefficient (Wildman–Crippen LogP) is 21.3. The van der Waals surface area contributed by atoms with Crippen LogP contribution >= 0.6 is 0 Å². The van der Waals surface area contributed by atoms with Crippen LogP contribution in [0.2, 0.25) is 0 Å². The van der Waals surface area contributed by atoms with Crippen molar-refractivity contribution in [1.82, 2.24) is 0 Å². The van der Waals surface area contributed by atoms with Crippen molar-refractivity contribution in [2.75, 3.05) is 62.3 Å². The highest BCUT2D eigenvalue weighted by Crippen LogP contribution is 2.43. The van der Waals surface area contributed by atoms with Crippen molar-refractivity contribution in [1.29, 1.82) is 0 Å². The van der Waals surface area contributed by atoms with Gasteiger partial charge in [-0.3, -0.25) is 0 Å². The molecule has 0 heterocycles. The Morgan fingerprint density at radius 1 is 0.301 bits per heavy atom. The third-order valence-electron chi connectivity index (χ3n) is 15.9. The van der Waals surface area contributed by atoms with Crippen LogP contribution in [0, 0.1) is 23.3 Å². The maximum absolute atomic E-state index is 15.6. The molecule has 11 aromatic rings. The van der Waals surface area contributed by atoms with Gasteiger partial charge >= 0.3 is 0 Å². The lowest BCUT2D eigenvalue weighted by Gasteiger charge is -2.27. The Labute approximate surface area is 539 Å². The fourth-order valence-electron chi connectivity index (χ4n) is 11.1. The van der Waals surface area contributed by atoms with Crippen LogP contribution < -0.4 is 48.0 Å². The van der Waals surface area contributed by atoms with Gasteiger partial charge in [0.1, 0.15) is 23.0 Å². The van der Waals surface area contributed by atoms with E-state index in [1.165, 1.54) is 38.5 Å². The summed E-state index contributed by atoms with van der Waals surface area (Å²) in [5.41, 5.74) is 13.5. The van der Waals surface area contributed by atoms with E-state index in [0.29, 0.717) is 22.8 Å². The molecule has 10 nitrogen and oxygen atoms in total. The zero-order valence-electron chi connectivity index (χ0n) is 52.3. The van der Waals surface area contributed by atoms with E-state index in [4.69, 9.17) is 28.4 Å². The molecule has 11 aromatic carbocycles. The first kappa shape index (κ1) is 62.9. The van der Waals surface area contributed by atoms with Crippen LogP contribution in [0.25, 0.3) is 27.8 Å². The van der Waals surface area contributed by atoms with E-state index in [0.717, 1.165) is 90.5 Å². The van der Waals surface area contributed by atoms with Crippen LogP contribution in [0.1, 0.15) is 12.5 Å². The van der Waals surface area contributed by atoms with E-state index in [1.807, 2.05) is 201 Å². The smallest absolute Gasteiger partial charge is 0.190 e. The lowest BCUT2D eigenvalue weighted by molar-refractivity contribution is 0.360. The van der Waals surface area contributed by atoms with Crippen molar-refractivity contribution in [2.24, 2.45) is 0 Å². The molecule has 14 heteroatoms. The van der Waals surface area contributed by atoms with Crippen molar-refractivity contribution in [3.05, 3.63) is 302 Å². The van der Waals surface area contributed by atoms with Crippen LogP contribution in [-0.2, 0) is 0 Å². The minimum absolute atomic E-state index is 0.177. The van der Waals surface area contributed by atoms with Crippen LogP contribution in [0.15, 0.2) is 273 Å². The highest BCUT2D eigenvalue weighted by atomic mass is 19.1. The quantitative estimate of drug-likeness (QED) is 0.0457. The molecule has 93 heavy (non-hydrogen) atoms. The first-order valence-electron chi connectivity index (χ1n) is 29.7. The molecule has 0 radical (unpaired) electrons. The number of ether oxygens (including phenoxy) is 6. The molecule has 0 spiro atoms. The highest BCUT2D eigenvalue weighted by molar-refractivity contribution is 5.85. The molecule has 0 N–H and O–H groups in total. The Hall–Kier alpha value is -11.6. The molecule has 0 saturated heterocycles. The fourth-order valence-corrected chi connectivity index (χ4v) is 11.1. The number of nitrogens with zero attached hydrogens (tertiary/aromatic N) is 4. The van der Waals surface area contributed by atoms with Crippen molar-refractivity contribution < 1.29 is 46.0 Å². The SMILES string of the molecule is C=C(/C=C\C(=C/C)c1ccc(N(c2ccc(-c3ccc(N(c4ccc(OC)cc4)c4ccc(OC)cc4)cc3)cc2)c2cc(F)c(OC)c(F)c2)cc1)N(c1ccc(-c2ccc(N(c3ccc(OC)cc3)c3ccc(OC)cc3)cc2)cc1)c1cc(F)c(OC)c(F)c1. The van der Waals surface area contributed by atoms with Crippen molar-refractivity contribution in [3.8, 4) is 56.8 Å². The van der Waals surface area contributed by atoms with Gasteiger partial charge in [-0.1, -0.05) is 79.4 Å². The Bertz CT molecular complexity index is 4290. The minimum Gasteiger partial charge on any atom is -0.497 e. The molecule has 0 aliphatic heterocycles. The summed E-state index contributed by atoms with van der Waals surface area (Å²) in [6, 6.07) is 75.7. The second kappa shape index (κ2) is 28.5. The van der Waals surface area contributed by atoms with E-state index < -0.39 is 34.8 Å². The third-order valence-corrected chi connectivity index (χ3v) is 15.9. The summed E-state index contributed by atoms with van der Waals surface area (Å²) in [5, 5.41) is 0. The largest absolute Gasteiger partial charge is 0.497 e. The monoisotopic (exact) mass is 1240 g/mol. The molecular weight excluding hydrogens is 1180 g/mol. The summed E-state index contributed by atoms with van der Waals surface area (Å²) < 4.78 is 94.4. The first-order valence-corrected chi connectivity index (χ1v) is 29.7. The number of anilines is 11. The van der Waals surface area contributed by atoms with Gasteiger partial charge < -0.3 is 48.0 Å². The third kappa shape index (κ3) is 13.8. The number of hydrogen-bond acceptors (Lipinski definition) is 10. The lowest BCUT2D eigenvalue weighted by Crippen LogP contribution is -2.15. The first-order chi connectivity index (χ1) is 45.3. The van der Waals surface area contributed by atoms with Gasteiger partial charge in [-0.25, -0.2) is 17.6 Å². The van der Waals surface area contributed by atoms with Gasteiger partial charge in [0, 0.05) is 81.1 Å². The summed E-state index contributed by atoms with van der Waals surface area (Å²) in [5.74, 6) is -1.49. The Morgan fingerprint density at radius 2 is 0.548 bits per heavy atom. The number of allylic oxidation sites excluding steroid dienone is 4. The van der Waals surface area contributed by atoms with Crippen molar-refractivity contribution in [3.63, 3.8) is 0 Å². The van der Waals surface area contributed by atoms with Gasteiger partial charge in [-0.15, -0.1) is 0 Å². The summed E-state index contributed by atoms with van der Waals surface area (Å²) in [6.45, 7) is 6.31. The molecule has 0 saturated carbocycles. The minimum atomic E-state index is -0.881. The molecule has 466 valence electrons. The van der Waals surface area contributed by atoms with Crippen LogP contribution in [-0.4, -0.2) is 42.7 Å². The number of hydrogen-bond donors (Lipinski definition) is 0. The topological polar surface area (TPSA) is 68.3 Å². The second-order valence-corrected chi connectivity index (χ2v) is 21.3. The van der Waals surface area contributed by atoms with Crippen LogP contribution in [0.3, 0.4) is 0 Å². The van der Waals surface area contributed by atoms with Crippen LogP contribution in [0.4, 0.5) is 80.1 Å². The fraction of sp³-hybridized carbons (Fsp3) is 0.0886. The average molecular weight is 1240 g/mol. The van der Waals surface area contributed by atoms with Gasteiger partial charge in [-0.2, -0.15) is 0 Å². The summed E-state index contributed by atoms with van der Waals surface area (Å²) in [7, 11) is 8.99. The summed E-state index contributed by atoms with van der Waals surface area (Å²) in [6.07, 6.45) is 5.57. The zero-order chi connectivity index (χ0) is 65.1. The number of rotatable bonds is 23. The molecule has 0 fully saturated rings. The van der Waals surface area contributed by atoms with Gasteiger partial charge in [0.25, 0.3) is 0 Å². The summed E-state index contributed by atoms with van der Waals surface area (Å²) >= 11 is 0. The molecule has 0 atom stereocenters. The predicted molar refractivity (Wildman–Crippen MR) is 367 cm³/mol. The zero-order valence-corrected chi connectivity index (χ0v) is 52.3. The van der Waals surface area contributed by atoms with Gasteiger partial charge in [0.15, 0.2) is 34.8 Å². The second-order valence-electron chi connectivity index (χ2n) is 21.3. The average Bonchev–Trinajstić information content (AvgIpc) is 0.844. The van der Waals surface area contributed by atoms with E-state index in [9.17, 15) is 0 Å². The van der Waals surface area contributed by atoms with E-state index in [2.05, 4.69) is 52.8 Å². The maximum Gasteiger partial charge on any atom is 0.190 e. The highest BCUT2D eigenvalue weighted by Gasteiger charge is 2.23. The Kier molecular flexibility index (Phi) is 19.3. The van der Waals surface area contributed by atoms with Gasteiger partial charge in [0.2, 0.25) is 0 Å². The van der Waals surface area contributed by atoms with Crippen LogP contribution in [0.5, 0.6) is 34.5 Å². The molecule has 0 aliphatic carbocycles. The molecule has 0 aromatic heterocycles. The van der Waals surface area contributed by atoms with Gasteiger partial charge in [0.05, 0.1) is 54.0 Å². The molecule has 0 bridgehead atoms. The molecule has 0 unspecified atom stereocenters. The standard InChI is InChI=1S/C79H66F4N4O6/c1-9-53(11-10-52(2)84(68-48-74(80)78(92-7)75(81)49-68)59-22-14-55(15-23-59)56-16-26-60(27-17-56)85(64-32-40-70(88-3)41-33-64)65-34-42-71(89-4)43-35-65)54-12-24-62(25-13-54)87(69-50-76(82)79(93-8)77(83)51-69)63-30-20-58(21-31-63)57-18-28-61(29-19-57)86(66-36-44-72(90-5)45-37-66)67-38-46-73(91-6)47-39-67/h9-51H,2H2,1,3-8H3/b11-10-,53-9+. The number of benzene rings is 11. The van der Waals surface area contributed by atoms with E-state index in [-0.39, 0.29) is 11.4 Å².